The number of rotatable bonds is 4. The summed E-state index contributed by atoms with van der Waals surface area (Å²) in [7, 11) is 1.15. The molecular weight excluding hydrogens is 315 g/mol. The van der Waals surface area contributed by atoms with E-state index in [1.165, 1.54) is 12.1 Å². The maximum atomic E-state index is 12.1. The lowest BCUT2D eigenvalue weighted by atomic mass is 9.94. The van der Waals surface area contributed by atoms with Crippen molar-refractivity contribution in [2.24, 2.45) is 5.41 Å². The van der Waals surface area contributed by atoms with Crippen LogP contribution < -0.4 is 10.1 Å². The third-order valence-corrected chi connectivity index (χ3v) is 2.84. The van der Waals surface area contributed by atoms with Crippen LogP contribution in [0.1, 0.15) is 32.4 Å². The van der Waals surface area contributed by atoms with Crippen LogP contribution in [0.2, 0.25) is 0 Å². The maximum absolute atomic E-state index is 12.1. The predicted octanol–water partition coefficient (Wildman–Crippen LogP) is 2.96. The van der Waals surface area contributed by atoms with Crippen LogP contribution in [-0.2, 0) is 14.3 Å². The Balaban J connectivity index is 3.00. The normalized spacial score (nSPS) is 13.2. The van der Waals surface area contributed by atoms with Crippen molar-refractivity contribution in [2.75, 3.05) is 7.11 Å². The van der Waals surface area contributed by atoms with Crippen molar-refractivity contribution in [3.8, 4) is 5.75 Å². The molecule has 0 aromatic heterocycles. The standard InChI is InChI=1S/C15H18F3NO4/c1-14(2,3)13(21)19-11(12(20)22-4)9-5-7-10(8-6-9)23-15(16,17)18/h5-8,11H,1-4H3,(H,19,21). The molecule has 0 aliphatic rings. The quantitative estimate of drug-likeness (QED) is 0.861. The van der Waals surface area contributed by atoms with E-state index in [2.05, 4.69) is 14.8 Å². The molecule has 1 rings (SSSR count). The number of halogens is 3. The number of esters is 1. The van der Waals surface area contributed by atoms with Gasteiger partial charge in [0, 0.05) is 5.41 Å². The Morgan fingerprint density at radius 1 is 1.09 bits per heavy atom. The van der Waals surface area contributed by atoms with Gasteiger partial charge in [-0.2, -0.15) is 0 Å². The molecule has 1 aromatic rings. The van der Waals surface area contributed by atoms with Gasteiger partial charge in [0.1, 0.15) is 5.75 Å². The molecule has 0 radical (unpaired) electrons. The molecule has 23 heavy (non-hydrogen) atoms. The molecule has 0 fully saturated rings. The summed E-state index contributed by atoms with van der Waals surface area (Å²) < 4.78 is 44.8. The highest BCUT2D eigenvalue weighted by Gasteiger charge is 2.32. The van der Waals surface area contributed by atoms with Crippen LogP contribution in [-0.4, -0.2) is 25.3 Å². The molecule has 8 heteroatoms. The molecule has 0 aliphatic heterocycles. The Labute approximate surface area is 131 Å². The van der Waals surface area contributed by atoms with Crippen LogP contribution >= 0.6 is 0 Å². The summed E-state index contributed by atoms with van der Waals surface area (Å²) in [6.07, 6.45) is -4.80. The number of amides is 1. The highest BCUT2D eigenvalue weighted by molar-refractivity contribution is 5.88. The molecule has 1 amide bonds. The average Bonchev–Trinajstić information content (AvgIpc) is 2.42. The Morgan fingerprint density at radius 2 is 1.61 bits per heavy atom. The van der Waals surface area contributed by atoms with Crippen LogP contribution in [0.4, 0.5) is 13.2 Å². The van der Waals surface area contributed by atoms with Crippen LogP contribution in [0.15, 0.2) is 24.3 Å². The van der Waals surface area contributed by atoms with Crippen molar-refractivity contribution in [1.29, 1.82) is 0 Å². The summed E-state index contributed by atoms with van der Waals surface area (Å²) >= 11 is 0. The molecule has 1 unspecified atom stereocenters. The maximum Gasteiger partial charge on any atom is 0.573 e. The van der Waals surface area contributed by atoms with E-state index in [4.69, 9.17) is 0 Å². The van der Waals surface area contributed by atoms with Crippen molar-refractivity contribution < 1.29 is 32.2 Å². The summed E-state index contributed by atoms with van der Waals surface area (Å²) in [4.78, 5) is 23.9. The smallest absolute Gasteiger partial charge is 0.467 e. The highest BCUT2D eigenvalue weighted by atomic mass is 19.4. The number of hydrogen-bond donors (Lipinski definition) is 1. The topological polar surface area (TPSA) is 64.6 Å². The molecule has 0 spiro atoms. The number of ether oxygens (including phenoxy) is 2. The van der Waals surface area contributed by atoms with Gasteiger partial charge < -0.3 is 14.8 Å². The lowest BCUT2D eigenvalue weighted by Gasteiger charge is -2.23. The minimum atomic E-state index is -4.80. The van der Waals surface area contributed by atoms with Gasteiger partial charge in [-0.05, 0) is 17.7 Å². The second kappa shape index (κ2) is 6.89. The molecule has 5 nitrogen and oxygen atoms in total. The Kier molecular flexibility index (Phi) is 5.63. The number of nitrogens with one attached hydrogen (secondary N) is 1. The number of alkyl halides is 3. The molecule has 0 aliphatic carbocycles. The predicted molar refractivity (Wildman–Crippen MR) is 75.5 cm³/mol. The first kappa shape index (κ1) is 18.8. The van der Waals surface area contributed by atoms with E-state index in [9.17, 15) is 22.8 Å². The number of hydrogen-bond acceptors (Lipinski definition) is 4. The van der Waals surface area contributed by atoms with Gasteiger partial charge in [0.2, 0.25) is 5.91 Å². The summed E-state index contributed by atoms with van der Waals surface area (Å²) in [5.41, 5.74) is -0.463. The van der Waals surface area contributed by atoms with Gasteiger partial charge >= 0.3 is 12.3 Å². The largest absolute Gasteiger partial charge is 0.573 e. The second-order valence-corrected chi connectivity index (χ2v) is 5.80. The number of benzene rings is 1. The molecule has 1 aromatic carbocycles. The van der Waals surface area contributed by atoms with E-state index in [-0.39, 0.29) is 5.56 Å². The van der Waals surface area contributed by atoms with Crippen molar-refractivity contribution in [3.05, 3.63) is 29.8 Å². The molecule has 0 saturated carbocycles. The van der Waals surface area contributed by atoms with Crippen LogP contribution in [0, 0.1) is 5.41 Å². The first-order valence-corrected chi connectivity index (χ1v) is 6.68. The first-order chi connectivity index (χ1) is 10.4. The fourth-order valence-corrected chi connectivity index (χ4v) is 1.61. The first-order valence-electron chi connectivity index (χ1n) is 6.68. The highest BCUT2D eigenvalue weighted by Crippen LogP contribution is 2.25. The van der Waals surface area contributed by atoms with Gasteiger partial charge in [-0.1, -0.05) is 32.9 Å². The lowest BCUT2D eigenvalue weighted by Crippen LogP contribution is -2.40. The monoisotopic (exact) mass is 333 g/mol. The van der Waals surface area contributed by atoms with Crippen molar-refractivity contribution in [2.45, 2.75) is 33.2 Å². The summed E-state index contributed by atoms with van der Waals surface area (Å²) in [5.74, 6) is -1.55. The molecule has 1 N–H and O–H groups in total. The van der Waals surface area contributed by atoms with Crippen LogP contribution in [0.3, 0.4) is 0 Å². The number of carbonyl (C=O) groups excluding carboxylic acids is 2. The van der Waals surface area contributed by atoms with E-state index in [1.54, 1.807) is 20.8 Å². The van der Waals surface area contributed by atoms with Gasteiger partial charge in [-0.25, -0.2) is 4.79 Å². The molecule has 128 valence electrons. The summed E-state index contributed by atoms with van der Waals surface area (Å²) in [6.45, 7) is 4.99. The summed E-state index contributed by atoms with van der Waals surface area (Å²) in [5, 5.41) is 2.52. The molecule has 0 saturated heterocycles. The van der Waals surface area contributed by atoms with Gasteiger partial charge in [0.05, 0.1) is 7.11 Å². The summed E-state index contributed by atoms with van der Waals surface area (Å²) in [6, 6.07) is 3.51. The van der Waals surface area contributed by atoms with Gasteiger partial charge in [-0.3, -0.25) is 4.79 Å². The number of methoxy groups -OCH3 is 1. The van der Waals surface area contributed by atoms with E-state index >= 15 is 0 Å². The van der Waals surface area contributed by atoms with Gasteiger partial charge in [0.15, 0.2) is 6.04 Å². The van der Waals surface area contributed by atoms with Crippen LogP contribution in [0.5, 0.6) is 5.75 Å². The molecular formula is C15H18F3NO4. The minimum Gasteiger partial charge on any atom is -0.467 e. The molecule has 0 heterocycles. The van der Waals surface area contributed by atoms with E-state index < -0.39 is 35.4 Å². The lowest BCUT2D eigenvalue weighted by molar-refractivity contribution is -0.274. The fraction of sp³-hybridized carbons (Fsp3) is 0.467. The fourth-order valence-electron chi connectivity index (χ4n) is 1.61. The van der Waals surface area contributed by atoms with E-state index in [0.29, 0.717) is 0 Å². The van der Waals surface area contributed by atoms with Crippen molar-refractivity contribution >= 4 is 11.9 Å². The van der Waals surface area contributed by atoms with Crippen molar-refractivity contribution in [1.82, 2.24) is 5.32 Å². The van der Waals surface area contributed by atoms with Crippen LogP contribution in [0.25, 0.3) is 0 Å². The zero-order valence-corrected chi connectivity index (χ0v) is 13.2. The SMILES string of the molecule is COC(=O)C(NC(=O)C(C)(C)C)c1ccc(OC(F)(F)F)cc1. The second-order valence-electron chi connectivity index (χ2n) is 5.80. The Hall–Kier alpha value is -2.25. The zero-order valence-electron chi connectivity index (χ0n) is 13.2. The Morgan fingerprint density at radius 3 is 2.00 bits per heavy atom. The van der Waals surface area contributed by atoms with Gasteiger partial charge in [-0.15, -0.1) is 13.2 Å². The number of carbonyl (C=O) groups is 2. The van der Waals surface area contributed by atoms with E-state index in [1.807, 2.05) is 0 Å². The van der Waals surface area contributed by atoms with Gasteiger partial charge in [0.25, 0.3) is 0 Å². The Bertz CT molecular complexity index is 562. The molecule has 0 bridgehead atoms. The zero-order chi connectivity index (χ0) is 17.8. The average molecular weight is 333 g/mol. The minimum absolute atomic E-state index is 0.281. The third-order valence-electron chi connectivity index (χ3n) is 2.84. The van der Waals surface area contributed by atoms with E-state index in [0.717, 1.165) is 19.2 Å². The third kappa shape index (κ3) is 5.80. The van der Waals surface area contributed by atoms with Crippen molar-refractivity contribution in [3.63, 3.8) is 0 Å². The molecule has 1 atom stereocenters.